The number of aromatic nitrogens is 2. The van der Waals surface area contributed by atoms with Crippen LogP contribution >= 0.6 is 0 Å². The molecule has 8 nitrogen and oxygen atoms in total. The molecule has 0 spiro atoms. The molecule has 1 aromatic rings. The minimum Gasteiger partial charge on any atom is -0.462 e. The Hall–Kier alpha value is -1.93. The van der Waals surface area contributed by atoms with E-state index >= 15 is 0 Å². The highest BCUT2D eigenvalue weighted by Crippen LogP contribution is 2.20. The second-order valence-corrected chi connectivity index (χ2v) is 17.8. The van der Waals surface area contributed by atoms with Gasteiger partial charge in [-0.15, -0.1) is 0 Å². The minimum atomic E-state index is -0.00258. The molecule has 2 unspecified atom stereocenters. The van der Waals surface area contributed by atoms with Gasteiger partial charge in [-0.25, -0.2) is 0 Å². The Morgan fingerprint density at radius 3 is 1.33 bits per heavy atom. The molecule has 0 radical (unpaired) electrons. The van der Waals surface area contributed by atoms with Gasteiger partial charge in [0.25, 0.3) is 0 Å². The van der Waals surface area contributed by atoms with E-state index in [1.807, 2.05) is 6.20 Å². The maximum Gasteiger partial charge on any atom is 0.306 e. The molecule has 0 saturated heterocycles. The highest BCUT2D eigenvalue weighted by molar-refractivity contribution is 5.69. The van der Waals surface area contributed by atoms with E-state index in [0.29, 0.717) is 12.8 Å². The number of nitrogens with zero attached hydrogens (tertiary/aromatic N) is 4. The van der Waals surface area contributed by atoms with E-state index in [-0.39, 0.29) is 24.1 Å². The summed E-state index contributed by atoms with van der Waals surface area (Å²) in [6, 6.07) is 0. The topological polar surface area (TPSA) is 76.9 Å². The number of ether oxygens (including phenoxy) is 2. The molecule has 0 fully saturated rings. The van der Waals surface area contributed by atoms with Gasteiger partial charge >= 0.3 is 11.9 Å². The molecule has 0 aliphatic rings. The first-order valence-corrected chi connectivity index (χ1v) is 25.1. The number of hydrogen-bond acceptors (Lipinski definition) is 7. The highest BCUT2D eigenvalue weighted by atomic mass is 16.5. The van der Waals surface area contributed by atoms with Crippen LogP contribution in [-0.2, 0) is 32.2 Å². The van der Waals surface area contributed by atoms with Crippen LogP contribution in [0.1, 0.15) is 239 Å². The van der Waals surface area contributed by atoms with Crippen LogP contribution in [0.3, 0.4) is 0 Å². The van der Waals surface area contributed by atoms with Gasteiger partial charge in [0.15, 0.2) is 0 Å². The summed E-state index contributed by atoms with van der Waals surface area (Å²) in [4.78, 5) is 30.6. The summed E-state index contributed by atoms with van der Waals surface area (Å²) >= 11 is 0. The number of unbranched alkanes of at least 4 members (excludes halogenated alkanes) is 20. The summed E-state index contributed by atoms with van der Waals surface area (Å²) in [7, 11) is 4.19. The van der Waals surface area contributed by atoms with Crippen LogP contribution in [0, 0.1) is 0 Å². The predicted molar refractivity (Wildman–Crippen MR) is 246 cm³/mol. The molecule has 8 heteroatoms. The van der Waals surface area contributed by atoms with E-state index in [9.17, 15) is 9.59 Å². The third-order valence-corrected chi connectivity index (χ3v) is 11.7. The van der Waals surface area contributed by atoms with Crippen molar-refractivity contribution in [3.8, 4) is 0 Å². The number of carbonyl (C=O) groups excluding carboxylic acids is 2. The van der Waals surface area contributed by atoms with Crippen molar-refractivity contribution in [2.75, 3.05) is 33.7 Å². The number of esters is 2. The zero-order valence-electron chi connectivity index (χ0n) is 39.4. The number of likely N-dealkylation sites (N-methyl/N-ethyl adjacent to an activating group) is 1. The SMILES string of the molecule is CCCCCCCCC(CCCCCC)OC(=O)CCCCCN(CCCCCC(=O)OC(CCCCCC)CCCCCCCC)Cc1cnn(CCN(C)C)c1. The van der Waals surface area contributed by atoms with Gasteiger partial charge in [0.1, 0.15) is 12.2 Å². The monoisotopic (exact) mass is 817 g/mol. The van der Waals surface area contributed by atoms with E-state index in [0.717, 1.165) is 110 Å². The fourth-order valence-electron chi connectivity index (χ4n) is 7.92. The quantitative estimate of drug-likeness (QED) is 0.0480. The Morgan fingerprint density at radius 2 is 0.914 bits per heavy atom. The molecule has 2 atom stereocenters. The predicted octanol–water partition coefficient (Wildman–Crippen LogP) is 13.6. The summed E-state index contributed by atoms with van der Waals surface area (Å²) in [6.45, 7) is 13.7. The van der Waals surface area contributed by atoms with Gasteiger partial charge < -0.3 is 14.4 Å². The average Bonchev–Trinajstić information content (AvgIpc) is 3.66. The second-order valence-electron chi connectivity index (χ2n) is 17.8. The summed E-state index contributed by atoms with van der Waals surface area (Å²) in [5.41, 5.74) is 1.25. The van der Waals surface area contributed by atoms with Crippen LogP contribution in [-0.4, -0.2) is 77.5 Å². The van der Waals surface area contributed by atoms with Crippen molar-refractivity contribution in [1.82, 2.24) is 19.6 Å². The lowest BCUT2D eigenvalue weighted by atomic mass is 10.0. The minimum absolute atomic E-state index is 0.00258. The van der Waals surface area contributed by atoms with Crippen LogP contribution in [0.5, 0.6) is 0 Å². The van der Waals surface area contributed by atoms with Crippen molar-refractivity contribution < 1.29 is 19.1 Å². The second kappa shape index (κ2) is 39.2. The normalized spacial score (nSPS) is 12.8. The van der Waals surface area contributed by atoms with Crippen LogP contribution < -0.4 is 0 Å². The third kappa shape index (κ3) is 32.9. The Balaban J connectivity index is 2.58. The summed E-state index contributed by atoms with van der Waals surface area (Å²) in [5.74, 6) is -0.00515. The molecule has 1 heterocycles. The van der Waals surface area contributed by atoms with Gasteiger partial charge in [-0.2, -0.15) is 5.10 Å². The average molecular weight is 817 g/mol. The molecule has 0 bridgehead atoms. The van der Waals surface area contributed by atoms with Crippen molar-refractivity contribution in [2.45, 2.75) is 258 Å². The zero-order chi connectivity index (χ0) is 42.3. The molecule has 0 aromatic carbocycles. The van der Waals surface area contributed by atoms with Gasteiger partial charge in [-0.3, -0.25) is 19.2 Å². The molecule has 1 aromatic heterocycles. The van der Waals surface area contributed by atoms with Crippen molar-refractivity contribution in [2.24, 2.45) is 0 Å². The fourth-order valence-corrected chi connectivity index (χ4v) is 7.92. The standard InChI is InChI=1S/C50H96N4O4/c1-7-11-15-19-21-27-35-47(33-25-17-13-9-3)57-49(55)37-29-23-31-39-53(44-46-43-51-54(45-46)42-41-52(5)6)40-32-24-30-38-50(56)58-48(34-26-18-14-10-4)36-28-22-20-16-12-8-2/h43,45,47-48H,7-42,44H2,1-6H3. The summed E-state index contributed by atoms with van der Waals surface area (Å²) in [5, 5.41) is 4.63. The van der Waals surface area contributed by atoms with Crippen molar-refractivity contribution in [3.63, 3.8) is 0 Å². The molecule has 0 saturated carbocycles. The van der Waals surface area contributed by atoms with E-state index in [1.165, 1.54) is 121 Å². The molecular formula is C50H96N4O4. The lowest BCUT2D eigenvalue weighted by Crippen LogP contribution is -2.26. The molecule has 0 amide bonds. The largest absolute Gasteiger partial charge is 0.462 e. The van der Waals surface area contributed by atoms with Crippen LogP contribution in [0.25, 0.3) is 0 Å². The molecule has 0 N–H and O–H groups in total. The maximum atomic E-state index is 12.9. The smallest absolute Gasteiger partial charge is 0.306 e. The summed E-state index contributed by atoms with van der Waals surface area (Å²) in [6.07, 6.45) is 40.5. The van der Waals surface area contributed by atoms with E-state index in [2.05, 4.69) is 67.6 Å². The van der Waals surface area contributed by atoms with Gasteiger partial charge in [0.05, 0.1) is 12.7 Å². The number of carbonyl (C=O) groups is 2. The first-order valence-electron chi connectivity index (χ1n) is 25.1. The molecule has 58 heavy (non-hydrogen) atoms. The third-order valence-electron chi connectivity index (χ3n) is 11.7. The highest BCUT2D eigenvalue weighted by Gasteiger charge is 2.16. The Bertz CT molecular complexity index is 1010. The van der Waals surface area contributed by atoms with Crippen LogP contribution in [0.4, 0.5) is 0 Å². The van der Waals surface area contributed by atoms with Crippen molar-refractivity contribution in [3.05, 3.63) is 18.0 Å². The van der Waals surface area contributed by atoms with Crippen molar-refractivity contribution in [1.29, 1.82) is 0 Å². The first kappa shape index (κ1) is 54.1. The van der Waals surface area contributed by atoms with Crippen LogP contribution in [0.2, 0.25) is 0 Å². The lowest BCUT2D eigenvalue weighted by molar-refractivity contribution is -0.151. The fraction of sp³-hybridized carbons (Fsp3) is 0.900. The van der Waals surface area contributed by atoms with Gasteiger partial charge in [-0.05, 0) is 104 Å². The first-order chi connectivity index (χ1) is 28.3. The Morgan fingerprint density at radius 1 is 0.534 bits per heavy atom. The molecular weight excluding hydrogens is 721 g/mol. The van der Waals surface area contributed by atoms with Crippen molar-refractivity contribution >= 4 is 11.9 Å². The van der Waals surface area contributed by atoms with Crippen LogP contribution in [0.15, 0.2) is 12.4 Å². The Kier molecular flexibility index (Phi) is 36.6. The zero-order valence-corrected chi connectivity index (χ0v) is 39.4. The van der Waals surface area contributed by atoms with E-state index < -0.39 is 0 Å². The van der Waals surface area contributed by atoms with E-state index in [1.54, 1.807) is 0 Å². The maximum absolute atomic E-state index is 12.9. The van der Waals surface area contributed by atoms with E-state index in [4.69, 9.17) is 9.47 Å². The molecule has 0 aliphatic heterocycles. The van der Waals surface area contributed by atoms with Gasteiger partial charge in [-0.1, -0.05) is 143 Å². The Labute approximate surface area is 359 Å². The lowest BCUT2D eigenvalue weighted by Gasteiger charge is -2.22. The molecule has 340 valence electrons. The molecule has 0 aliphatic carbocycles. The molecule has 1 rings (SSSR count). The number of hydrogen-bond donors (Lipinski definition) is 0. The number of rotatable bonds is 43. The summed E-state index contributed by atoms with van der Waals surface area (Å²) < 4.78 is 14.2. The van der Waals surface area contributed by atoms with Gasteiger partial charge in [0.2, 0.25) is 0 Å². The van der Waals surface area contributed by atoms with Gasteiger partial charge in [0, 0.05) is 37.7 Å².